The van der Waals surface area contributed by atoms with Crippen LogP contribution in [0.25, 0.3) is 28.0 Å². The summed E-state index contributed by atoms with van der Waals surface area (Å²) in [6.07, 6.45) is 4.06. The summed E-state index contributed by atoms with van der Waals surface area (Å²) in [6, 6.07) is 11.7. The molecule has 3 aromatic heterocycles. The summed E-state index contributed by atoms with van der Waals surface area (Å²) < 4.78 is 8.70. The van der Waals surface area contributed by atoms with Crippen LogP contribution in [0.3, 0.4) is 0 Å². The van der Waals surface area contributed by atoms with Gasteiger partial charge in [-0.1, -0.05) is 18.2 Å². The molecule has 0 unspecified atom stereocenters. The molecule has 4 aromatic rings. The zero-order chi connectivity index (χ0) is 20.1. The van der Waals surface area contributed by atoms with Crippen molar-refractivity contribution in [2.45, 2.75) is 25.7 Å². The second-order valence-corrected chi connectivity index (χ2v) is 7.45. The van der Waals surface area contributed by atoms with Crippen molar-refractivity contribution in [2.24, 2.45) is 7.05 Å². The van der Waals surface area contributed by atoms with E-state index in [2.05, 4.69) is 5.10 Å². The van der Waals surface area contributed by atoms with Gasteiger partial charge in [0.1, 0.15) is 0 Å². The molecule has 1 aliphatic rings. The van der Waals surface area contributed by atoms with Crippen LogP contribution in [0.1, 0.15) is 40.5 Å². The monoisotopic (exact) mass is 387 g/mol. The van der Waals surface area contributed by atoms with Crippen LogP contribution < -0.4 is 0 Å². The third-order valence-electron chi connectivity index (χ3n) is 5.32. The van der Waals surface area contributed by atoms with Crippen molar-refractivity contribution in [3.05, 3.63) is 59.5 Å². The number of carbonyl (C=O) groups excluding carboxylic acids is 1. The van der Waals surface area contributed by atoms with E-state index in [4.69, 9.17) is 14.8 Å². The molecule has 0 atom stereocenters. The largest absolute Gasteiger partial charge is 0.465 e. The minimum absolute atomic E-state index is 0.360. The van der Waals surface area contributed by atoms with E-state index in [0.29, 0.717) is 22.8 Å². The van der Waals surface area contributed by atoms with Crippen molar-refractivity contribution >= 4 is 17.0 Å². The normalized spacial score (nSPS) is 13.8. The second-order valence-electron chi connectivity index (χ2n) is 7.45. The van der Waals surface area contributed by atoms with Gasteiger partial charge in [0.25, 0.3) is 0 Å². The first kappa shape index (κ1) is 17.6. The van der Waals surface area contributed by atoms with Crippen molar-refractivity contribution in [3.63, 3.8) is 0 Å². The van der Waals surface area contributed by atoms with Crippen LogP contribution in [0.15, 0.2) is 42.6 Å². The standard InChI is InChI=1S/C22H21N5O2/c1-13-17(12-26(2)24-13)18-11-16(22(28)29-3)19-20(14-9-10-14)25-27(21(19)23-18)15-7-5-4-6-8-15/h4-8,11-12,14H,9-10H2,1-3H3. The van der Waals surface area contributed by atoms with Gasteiger partial charge in [0, 0.05) is 24.7 Å². The fraction of sp³-hybridized carbons (Fsp3) is 0.273. The summed E-state index contributed by atoms with van der Waals surface area (Å²) in [7, 11) is 3.28. The van der Waals surface area contributed by atoms with Crippen LogP contribution in [-0.2, 0) is 11.8 Å². The van der Waals surface area contributed by atoms with Gasteiger partial charge in [-0.15, -0.1) is 0 Å². The van der Waals surface area contributed by atoms with Crippen LogP contribution >= 0.6 is 0 Å². The third-order valence-corrected chi connectivity index (χ3v) is 5.32. The Bertz CT molecular complexity index is 1240. The summed E-state index contributed by atoms with van der Waals surface area (Å²) in [4.78, 5) is 17.7. The number of esters is 1. The summed E-state index contributed by atoms with van der Waals surface area (Å²) >= 11 is 0. The second kappa shape index (κ2) is 6.55. The number of hydrogen-bond acceptors (Lipinski definition) is 5. The van der Waals surface area contributed by atoms with E-state index in [0.717, 1.165) is 40.9 Å². The average molecular weight is 387 g/mol. The molecule has 146 valence electrons. The van der Waals surface area contributed by atoms with Crippen molar-refractivity contribution in [2.75, 3.05) is 7.11 Å². The van der Waals surface area contributed by atoms with Crippen LogP contribution in [0.4, 0.5) is 0 Å². The zero-order valence-electron chi connectivity index (χ0n) is 16.6. The van der Waals surface area contributed by atoms with Crippen molar-refractivity contribution in [1.29, 1.82) is 0 Å². The summed E-state index contributed by atoms with van der Waals surface area (Å²) in [5, 5.41) is 10.1. The number of aryl methyl sites for hydroxylation is 2. The maximum Gasteiger partial charge on any atom is 0.338 e. The number of methoxy groups -OCH3 is 1. The first-order valence-corrected chi connectivity index (χ1v) is 9.65. The Hall–Kier alpha value is -3.48. The maximum absolute atomic E-state index is 12.7. The summed E-state index contributed by atoms with van der Waals surface area (Å²) in [6.45, 7) is 1.93. The van der Waals surface area contributed by atoms with Crippen molar-refractivity contribution in [3.8, 4) is 16.9 Å². The predicted octanol–water partition coefficient (Wildman–Crippen LogP) is 3.79. The number of ether oxygens (including phenoxy) is 1. The molecule has 29 heavy (non-hydrogen) atoms. The molecular formula is C22H21N5O2. The number of rotatable bonds is 4. The van der Waals surface area contributed by atoms with Gasteiger partial charge in [-0.3, -0.25) is 4.68 Å². The number of aromatic nitrogens is 5. The molecule has 5 rings (SSSR count). The lowest BCUT2D eigenvalue weighted by Crippen LogP contribution is -2.05. The van der Waals surface area contributed by atoms with Crippen LogP contribution in [0.2, 0.25) is 0 Å². The highest BCUT2D eigenvalue weighted by molar-refractivity contribution is 6.05. The molecule has 0 N–H and O–H groups in total. The van der Waals surface area contributed by atoms with E-state index in [-0.39, 0.29) is 5.97 Å². The summed E-state index contributed by atoms with van der Waals surface area (Å²) in [5.41, 5.74) is 5.41. The number of carbonyl (C=O) groups is 1. The molecule has 1 fully saturated rings. The van der Waals surface area contributed by atoms with Gasteiger partial charge in [-0.25, -0.2) is 14.5 Å². The van der Waals surface area contributed by atoms with Gasteiger partial charge in [0.2, 0.25) is 0 Å². The first-order valence-electron chi connectivity index (χ1n) is 9.65. The Kier molecular flexibility index (Phi) is 3.97. The maximum atomic E-state index is 12.7. The van der Waals surface area contributed by atoms with E-state index < -0.39 is 0 Å². The quantitative estimate of drug-likeness (QED) is 0.498. The van der Waals surface area contributed by atoms with Crippen molar-refractivity contribution < 1.29 is 9.53 Å². The average Bonchev–Trinajstić information content (AvgIpc) is 3.42. The van der Waals surface area contributed by atoms with Gasteiger partial charge >= 0.3 is 5.97 Å². The van der Waals surface area contributed by atoms with Crippen LogP contribution in [-0.4, -0.2) is 37.6 Å². The molecule has 7 nitrogen and oxygen atoms in total. The van der Waals surface area contributed by atoms with Gasteiger partial charge in [0.15, 0.2) is 5.65 Å². The van der Waals surface area contributed by atoms with Crippen molar-refractivity contribution in [1.82, 2.24) is 24.5 Å². The molecule has 0 radical (unpaired) electrons. The highest BCUT2D eigenvalue weighted by Gasteiger charge is 2.33. The Morgan fingerprint density at radius 3 is 2.55 bits per heavy atom. The fourth-order valence-corrected chi connectivity index (χ4v) is 3.79. The SMILES string of the molecule is COC(=O)c1cc(-c2cn(C)nc2C)nc2c1c(C1CC1)nn2-c1ccccc1. The molecule has 0 saturated heterocycles. The molecule has 0 amide bonds. The van der Waals surface area contributed by atoms with E-state index in [1.54, 1.807) is 10.7 Å². The highest BCUT2D eigenvalue weighted by Crippen LogP contribution is 2.44. The fourth-order valence-electron chi connectivity index (χ4n) is 3.79. The predicted molar refractivity (Wildman–Crippen MR) is 109 cm³/mol. The molecule has 3 heterocycles. The van der Waals surface area contributed by atoms with E-state index in [9.17, 15) is 4.79 Å². The summed E-state index contributed by atoms with van der Waals surface area (Å²) in [5.74, 6) is -0.0200. The number of hydrogen-bond donors (Lipinski definition) is 0. The molecule has 0 spiro atoms. The molecular weight excluding hydrogens is 366 g/mol. The molecule has 0 bridgehead atoms. The molecule has 7 heteroatoms. The van der Waals surface area contributed by atoms with Gasteiger partial charge in [-0.05, 0) is 38.0 Å². The molecule has 0 aliphatic heterocycles. The van der Waals surface area contributed by atoms with Gasteiger partial charge in [-0.2, -0.15) is 10.2 Å². The highest BCUT2D eigenvalue weighted by atomic mass is 16.5. The number of benzene rings is 1. The van der Waals surface area contributed by atoms with Crippen LogP contribution in [0.5, 0.6) is 0 Å². The number of para-hydroxylation sites is 1. The van der Waals surface area contributed by atoms with Crippen LogP contribution in [0, 0.1) is 6.92 Å². The lowest BCUT2D eigenvalue weighted by Gasteiger charge is -2.08. The van der Waals surface area contributed by atoms with E-state index in [1.807, 2.05) is 55.2 Å². The molecule has 1 aromatic carbocycles. The minimum Gasteiger partial charge on any atom is -0.465 e. The lowest BCUT2D eigenvalue weighted by molar-refractivity contribution is 0.0603. The number of nitrogens with zero attached hydrogens (tertiary/aromatic N) is 5. The third kappa shape index (κ3) is 2.90. The first-order chi connectivity index (χ1) is 14.1. The number of pyridine rings is 1. The molecule has 1 saturated carbocycles. The Balaban J connectivity index is 1.86. The Morgan fingerprint density at radius 2 is 1.93 bits per heavy atom. The van der Waals surface area contributed by atoms with Gasteiger partial charge < -0.3 is 4.74 Å². The smallest absolute Gasteiger partial charge is 0.338 e. The Morgan fingerprint density at radius 1 is 1.17 bits per heavy atom. The number of fused-ring (bicyclic) bond motifs is 1. The van der Waals surface area contributed by atoms with Gasteiger partial charge in [0.05, 0.1) is 40.8 Å². The molecule has 1 aliphatic carbocycles. The Labute approximate surface area is 167 Å². The minimum atomic E-state index is -0.380. The lowest BCUT2D eigenvalue weighted by atomic mass is 10.0. The van der Waals surface area contributed by atoms with E-state index >= 15 is 0 Å². The van der Waals surface area contributed by atoms with E-state index in [1.165, 1.54) is 7.11 Å². The zero-order valence-corrected chi connectivity index (χ0v) is 16.6. The topological polar surface area (TPSA) is 74.8 Å².